The Hall–Kier alpha value is -3.26. The lowest BCUT2D eigenvalue weighted by Crippen LogP contribution is -2.45. The summed E-state index contributed by atoms with van der Waals surface area (Å²) in [6, 6.07) is 12.6. The summed E-state index contributed by atoms with van der Waals surface area (Å²) in [4.78, 5) is 16.1. The van der Waals surface area contributed by atoms with Crippen molar-refractivity contribution in [2.24, 2.45) is 0 Å². The summed E-state index contributed by atoms with van der Waals surface area (Å²) in [5.74, 6) is -0.485. The molecule has 2 N–H and O–H groups in total. The fourth-order valence-corrected chi connectivity index (χ4v) is 4.12. The van der Waals surface area contributed by atoms with Crippen LogP contribution in [-0.2, 0) is 19.4 Å². The van der Waals surface area contributed by atoms with Crippen LogP contribution in [0.2, 0.25) is 0 Å². The maximum atomic E-state index is 12.1. The monoisotopic (exact) mass is 441 g/mol. The van der Waals surface area contributed by atoms with Gasteiger partial charge in [0.05, 0.1) is 12.0 Å². The van der Waals surface area contributed by atoms with E-state index in [1.807, 2.05) is 24.3 Å². The molecule has 8 heteroatoms. The molecular weight excluding hydrogens is 414 g/mol. The van der Waals surface area contributed by atoms with Gasteiger partial charge in [-0.3, -0.25) is 0 Å². The lowest BCUT2D eigenvalue weighted by molar-refractivity contribution is -0.134. The van der Waals surface area contributed by atoms with Crippen molar-refractivity contribution in [1.29, 1.82) is 0 Å². The summed E-state index contributed by atoms with van der Waals surface area (Å²) in [6.07, 6.45) is 4.10. The predicted octanol–water partition coefficient (Wildman–Crippen LogP) is 2.65. The number of nitrogen functional groups attached to an aromatic ring is 1. The standard InChI is InChI=1S/C23H27N3O4S/c1-17(25-12-14-26(15-13-25)20-8-6-19(24)7-9-20)22-16-21(31(3,28)29)10-4-18(22)5-11-23(27)30-2/h4-11,16H,1,12-15,24H2,2-3H3/b11-5+. The van der Waals surface area contributed by atoms with Crippen LogP contribution in [0.1, 0.15) is 11.1 Å². The molecule has 2 aromatic carbocycles. The van der Waals surface area contributed by atoms with Crippen molar-refractivity contribution < 1.29 is 17.9 Å². The summed E-state index contributed by atoms with van der Waals surface area (Å²) in [5, 5.41) is 0. The van der Waals surface area contributed by atoms with Crippen LogP contribution in [0.25, 0.3) is 11.8 Å². The van der Waals surface area contributed by atoms with E-state index < -0.39 is 15.8 Å². The predicted molar refractivity (Wildman–Crippen MR) is 124 cm³/mol. The molecule has 1 heterocycles. The number of carbonyl (C=O) groups is 1. The van der Waals surface area contributed by atoms with E-state index >= 15 is 0 Å². The van der Waals surface area contributed by atoms with Gasteiger partial charge in [0, 0.05) is 61.1 Å². The first-order valence-corrected chi connectivity index (χ1v) is 11.7. The fraction of sp³-hybridized carbons (Fsp3) is 0.261. The van der Waals surface area contributed by atoms with Crippen molar-refractivity contribution in [1.82, 2.24) is 4.90 Å². The molecule has 0 bridgehead atoms. The topological polar surface area (TPSA) is 92.9 Å². The second-order valence-corrected chi connectivity index (χ2v) is 9.41. The van der Waals surface area contributed by atoms with Crippen LogP contribution in [0.4, 0.5) is 11.4 Å². The number of sulfone groups is 1. The zero-order valence-corrected chi connectivity index (χ0v) is 18.6. The molecule has 0 radical (unpaired) electrons. The van der Waals surface area contributed by atoms with Gasteiger partial charge in [-0.05, 0) is 48.0 Å². The van der Waals surface area contributed by atoms with Crippen molar-refractivity contribution >= 4 is 39.0 Å². The largest absolute Gasteiger partial charge is 0.466 e. The Bertz CT molecular complexity index is 1100. The van der Waals surface area contributed by atoms with Gasteiger partial charge in [0.15, 0.2) is 9.84 Å². The quantitative estimate of drug-likeness (QED) is 0.418. The Balaban J connectivity index is 1.83. The van der Waals surface area contributed by atoms with E-state index in [-0.39, 0.29) is 4.90 Å². The molecule has 1 aliphatic heterocycles. The van der Waals surface area contributed by atoms with Gasteiger partial charge < -0.3 is 20.3 Å². The number of piperazine rings is 1. The molecule has 31 heavy (non-hydrogen) atoms. The second kappa shape index (κ2) is 9.26. The number of rotatable bonds is 6. The molecule has 0 spiro atoms. The zero-order valence-electron chi connectivity index (χ0n) is 17.7. The van der Waals surface area contributed by atoms with Gasteiger partial charge in [-0.25, -0.2) is 13.2 Å². The molecule has 0 unspecified atom stereocenters. The van der Waals surface area contributed by atoms with E-state index in [2.05, 4.69) is 21.1 Å². The van der Waals surface area contributed by atoms with Crippen LogP contribution in [0.5, 0.6) is 0 Å². The number of esters is 1. The first kappa shape index (κ1) is 22.4. The highest BCUT2D eigenvalue weighted by atomic mass is 32.2. The minimum Gasteiger partial charge on any atom is -0.466 e. The van der Waals surface area contributed by atoms with Crippen molar-refractivity contribution in [3.63, 3.8) is 0 Å². The maximum Gasteiger partial charge on any atom is 0.330 e. The Labute approximate surface area is 183 Å². The van der Waals surface area contributed by atoms with Gasteiger partial charge >= 0.3 is 5.97 Å². The lowest BCUT2D eigenvalue weighted by Gasteiger charge is -2.38. The maximum absolute atomic E-state index is 12.1. The Morgan fingerprint density at radius 2 is 1.74 bits per heavy atom. The number of anilines is 2. The Morgan fingerprint density at radius 3 is 2.32 bits per heavy atom. The minimum absolute atomic E-state index is 0.208. The van der Waals surface area contributed by atoms with Gasteiger partial charge in [0.1, 0.15) is 0 Å². The molecule has 2 aromatic rings. The molecular formula is C23H27N3O4S. The SMILES string of the molecule is C=C(c1cc(S(C)(=O)=O)ccc1/C=C/C(=O)OC)N1CCN(c2ccc(N)cc2)CC1. The summed E-state index contributed by atoms with van der Waals surface area (Å²) in [7, 11) is -2.08. The van der Waals surface area contributed by atoms with Gasteiger partial charge in [-0.15, -0.1) is 0 Å². The van der Waals surface area contributed by atoms with Crippen LogP contribution in [0.15, 0.2) is 60.0 Å². The summed E-state index contributed by atoms with van der Waals surface area (Å²) in [6.45, 7) is 7.28. The molecule has 0 aliphatic carbocycles. The number of carbonyl (C=O) groups excluding carboxylic acids is 1. The van der Waals surface area contributed by atoms with Crippen LogP contribution in [0, 0.1) is 0 Å². The molecule has 1 saturated heterocycles. The normalized spacial score (nSPS) is 14.6. The van der Waals surface area contributed by atoms with Crippen LogP contribution >= 0.6 is 0 Å². The number of hydrogen-bond donors (Lipinski definition) is 1. The highest BCUT2D eigenvalue weighted by Crippen LogP contribution is 2.28. The lowest BCUT2D eigenvalue weighted by atomic mass is 10.0. The van der Waals surface area contributed by atoms with E-state index in [9.17, 15) is 13.2 Å². The number of ether oxygens (including phenoxy) is 1. The van der Waals surface area contributed by atoms with Gasteiger partial charge in [-0.2, -0.15) is 0 Å². The van der Waals surface area contributed by atoms with Crippen molar-refractivity contribution in [2.45, 2.75) is 4.90 Å². The molecule has 0 saturated carbocycles. The third kappa shape index (κ3) is 5.46. The van der Waals surface area contributed by atoms with Crippen LogP contribution in [-0.4, -0.2) is 58.8 Å². The number of hydrogen-bond acceptors (Lipinski definition) is 7. The molecule has 164 valence electrons. The van der Waals surface area contributed by atoms with E-state index in [4.69, 9.17) is 5.73 Å². The molecule has 0 atom stereocenters. The third-order valence-corrected chi connectivity index (χ3v) is 6.39. The molecule has 0 aromatic heterocycles. The van der Waals surface area contributed by atoms with Crippen LogP contribution in [0.3, 0.4) is 0 Å². The zero-order chi connectivity index (χ0) is 22.6. The molecule has 7 nitrogen and oxygen atoms in total. The second-order valence-electron chi connectivity index (χ2n) is 7.39. The van der Waals surface area contributed by atoms with E-state index in [1.54, 1.807) is 18.2 Å². The smallest absolute Gasteiger partial charge is 0.330 e. The Kier molecular flexibility index (Phi) is 6.70. The highest BCUT2D eigenvalue weighted by Gasteiger charge is 2.21. The van der Waals surface area contributed by atoms with E-state index in [1.165, 1.54) is 25.5 Å². The third-order valence-electron chi connectivity index (χ3n) is 5.28. The molecule has 0 amide bonds. The minimum atomic E-state index is -3.38. The average molecular weight is 442 g/mol. The number of benzene rings is 2. The molecule has 1 fully saturated rings. The molecule has 3 rings (SSSR count). The average Bonchev–Trinajstić information content (AvgIpc) is 2.77. The molecule has 1 aliphatic rings. The number of methoxy groups -OCH3 is 1. The highest BCUT2D eigenvalue weighted by molar-refractivity contribution is 7.90. The van der Waals surface area contributed by atoms with Crippen molar-refractivity contribution in [3.8, 4) is 0 Å². The van der Waals surface area contributed by atoms with Gasteiger partial charge in [0.2, 0.25) is 0 Å². The fourth-order valence-electron chi connectivity index (χ4n) is 3.48. The summed E-state index contributed by atoms with van der Waals surface area (Å²) >= 11 is 0. The summed E-state index contributed by atoms with van der Waals surface area (Å²) < 4.78 is 28.8. The van der Waals surface area contributed by atoms with Gasteiger partial charge in [-0.1, -0.05) is 12.6 Å². The number of nitrogens with zero attached hydrogens (tertiary/aromatic N) is 2. The van der Waals surface area contributed by atoms with Crippen molar-refractivity contribution in [2.75, 3.05) is 50.2 Å². The van der Waals surface area contributed by atoms with Crippen LogP contribution < -0.4 is 10.6 Å². The van der Waals surface area contributed by atoms with E-state index in [0.29, 0.717) is 16.8 Å². The van der Waals surface area contributed by atoms with Crippen molar-refractivity contribution in [3.05, 3.63) is 66.2 Å². The van der Waals surface area contributed by atoms with E-state index in [0.717, 1.165) is 37.6 Å². The van der Waals surface area contributed by atoms with Gasteiger partial charge in [0.25, 0.3) is 0 Å². The first-order valence-electron chi connectivity index (χ1n) is 9.84. The Morgan fingerprint density at radius 1 is 1.10 bits per heavy atom. The number of nitrogens with two attached hydrogens (primary N) is 1. The first-order chi connectivity index (χ1) is 14.7. The summed E-state index contributed by atoms with van der Waals surface area (Å²) in [5.41, 5.74) is 9.70.